The van der Waals surface area contributed by atoms with Crippen molar-refractivity contribution < 1.29 is 8.78 Å². The van der Waals surface area contributed by atoms with Crippen molar-refractivity contribution in [3.05, 3.63) is 35.4 Å². The minimum atomic E-state index is -0.450. The number of guanidine groups is 1. The van der Waals surface area contributed by atoms with Gasteiger partial charge in [0.15, 0.2) is 5.96 Å². The molecule has 0 fully saturated rings. The van der Waals surface area contributed by atoms with Crippen LogP contribution >= 0.6 is 24.0 Å². The Kier molecular flexibility index (Phi) is 12.8. The highest BCUT2D eigenvalue weighted by Crippen LogP contribution is 2.10. The third-order valence-electron chi connectivity index (χ3n) is 3.87. The fraction of sp³-hybridized carbons (Fsp3) is 0.611. The zero-order valence-corrected chi connectivity index (χ0v) is 17.9. The third kappa shape index (κ3) is 9.94. The van der Waals surface area contributed by atoms with E-state index in [0.29, 0.717) is 18.5 Å². The summed E-state index contributed by atoms with van der Waals surface area (Å²) in [6.07, 6.45) is 2.12. The molecule has 7 heteroatoms. The van der Waals surface area contributed by atoms with Crippen LogP contribution in [-0.4, -0.2) is 43.6 Å². The van der Waals surface area contributed by atoms with Gasteiger partial charge in [-0.3, -0.25) is 0 Å². The van der Waals surface area contributed by atoms with Gasteiger partial charge in [-0.2, -0.15) is 0 Å². The van der Waals surface area contributed by atoms with Crippen LogP contribution in [0.1, 0.15) is 39.2 Å². The molecule has 1 aromatic carbocycles. The molecule has 0 aliphatic rings. The molecule has 0 spiro atoms. The van der Waals surface area contributed by atoms with E-state index in [1.807, 2.05) is 6.92 Å². The van der Waals surface area contributed by atoms with Crippen molar-refractivity contribution in [3.63, 3.8) is 0 Å². The van der Waals surface area contributed by atoms with Crippen LogP contribution in [0.25, 0.3) is 0 Å². The molecule has 0 atom stereocenters. The lowest BCUT2D eigenvalue weighted by atomic mass is 10.2. The second-order valence-corrected chi connectivity index (χ2v) is 6.14. The molecule has 0 aliphatic heterocycles. The summed E-state index contributed by atoms with van der Waals surface area (Å²) in [4.78, 5) is 6.64. The van der Waals surface area contributed by atoms with Gasteiger partial charge in [0.1, 0.15) is 11.6 Å². The molecule has 1 aromatic rings. The van der Waals surface area contributed by atoms with Crippen LogP contribution in [0.4, 0.5) is 8.78 Å². The highest BCUT2D eigenvalue weighted by molar-refractivity contribution is 14.0. The number of aliphatic imine (C=N–C) groups is 1. The van der Waals surface area contributed by atoms with Crippen molar-refractivity contribution in [2.45, 2.75) is 46.2 Å². The Labute approximate surface area is 167 Å². The van der Waals surface area contributed by atoms with Crippen molar-refractivity contribution >= 4 is 29.9 Å². The van der Waals surface area contributed by atoms with Gasteiger partial charge in [-0.05, 0) is 65.4 Å². The minimum Gasteiger partial charge on any atom is -0.357 e. The molecule has 0 radical (unpaired) electrons. The van der Waals surface area contributed by atoms with E-state index in [1.54, 1.807) is 0 Å². The van der Waals surface area contributed by atoms with Gasteiger partial charge in [0.25, 0.3) is 0 Å². The lowest BCUT2D eigenvalue weighted by Gasteiger charge is -2.20. The van der Waals surface area contributed by atoms with Gasteiger partial charge in [-0.1, -0.05) is 0 Å². The van der Waals surface area contributed by atoms with E-state index in [0.717, 1.165) is 38.1 Å². The standard InChI is InChI=1S/C18H30F2N4.HI/c1-5-21-18(22-10-6-7-11-24(4)14(2)3)23-13-15-12-16(19)8-9-17(15)20;/h8-9,12,14H,5-7,10-11,13H2,1-4H3,(H2,21,22,23);1H. The molecule has 0 amide bonds. The lowest BCUT2D eigenvalue weighted by molar-refractivity contribution is 0.268. The monoisotopic (exact) mass is 468 g/mol. The van der Waals surface area contributed by atoms with E-state index in [1.165, 1.54) is 6.07 Å². The molecule has 2 N–H and O–H groups in total. The maximum atomic E-state index is 13.6. The van der Waals surface area contributed by atoms with E-state index >= 15 is 0 Å². The first-order valence-electron chi connectivity index (χ1n) is 8.60. The fourth-order valence-electron chi connectivity index (χ4n) is 2.12. The first-order valence-corrected chi connectivity index (χ1v) is 8.60. The van der Waals surface area contributed by atoms with Gasteiger partial charge >= 0.3 is 0 Å². The molecule has 0 saturated heterocycles. The number of hydrogen-bond acceptors (Lipinski definition) is 2. The van der Waals surface area contributed by atoms with Crippen LogP contribution in [0.2, 0.25) is 0 Å². The highest BCUT2D eigenvalue weighted by Gasteiger charge is 2.05. The molecule has 25 heavy (non-hydrogen) atoms. The lowest BCUT2D eigenvalue weighted by Crippen LogP contribution is -2.38. The van der Waals surface area contributed by atoms with Crippen LogP contribution in [0.15, 0.2) is 23.2 Å². The first-order chi connectivity index (χ1) is 11.4. The normalized spacial score (nSPS) is 11.6. The Morgan fingerprint density at radius 2 is 1.92 bits per heavy atom. The molecule has 0 heterocycles. The summed E-state index contributed by atoms with van der Waals surface area (Å²) in [6.45, 7) is 9.00. The molecule has 0 saturated carbocycles. The zero-order valence-electron chi connectivity index (χ0n) is 15.6. The summed E-state index contributed by atoms with van der Waals surface area (Å²) < 4.78 is 26.8. The number of benzene rings is 1. The minimum absolute atomic E-state index is 0. The van der Waals surface area contributed by atoms with E-state index in [-0.39, 0.29) is 36.1 Å². The summed E-state index contributed by atoms with van der Waals surface area (Å²) >= 11 is 0. The van der Waals surface area contributed by atoms with Crippen LogP contribution in [0.3, 0.4) is 0 Å². The summed E-state index contributed by atoms with van der Waals surface area (Å²) in [5.74, 6) is -0.264. The molecular formula is C18H31F2IN4. The number of hydrogen-bond donors (Lipinski definition) is 2. The van der Waals surface area contributed by atoms with Crippen molar-refractivity contribution in [1.82, 2.24) is 15.5 Å². The van der Waals surface area contributed by atoms with Crippen LogP contribution in [0, 0.1) is 11.6 Å². The third-order valence-corrected chi connectivity index (χ3v) is 3.87. The number of nitrogens with zero attached hydrogens (tertiary/aromatic N) is 2. The van der Waals surface area contributed by atoms with Crippen LogP contribution in [0.5, 0.6) is 0 Å². The Balaban J connectivity index is 0.00000576. The molecular weight excluding hydrogens is 437 g/mol. The van der Waals surface area contributed by atoms with Gasteiger partial charge in [0.05, 0.1) is 6.54 Å². The first kappa shape index (κ1) is 24.0. The summed E-state index contributed by atoms with van der Waals surface area (Å²) in [5.41, 5.74) is 0.255. The zero-order chi connectivity index (χ0) is 17.9. The highest BCUT2D eigenvalue weighted by atomic mass is 127. The number of nitrogens with one attached hydrogen (secondary N) is 2. The molecule has 0 bridgehead atoms. The van der Waals surface area contributed by atoms with Gasteiger partial charge in [-0.15, -0.1) is 24.0 Å². The molecule has 144 valence electrons. The fourth-order valence-corrected chi connectivity index (χ4v) is 2.12. The van der Waals surface area contributed by atoms with E-state index in [2.05, 4.69) is 41.4 Å². The average molecular weight is 468 g/mol. The average Bonchev–Trinajstić information content (AvgIpc) is 2.54. The quantitative estimate of drug-likeness (QED) is 0.251. The Morgan fingerprint density at radius 3 is 2.56 bits per heavy atom. The maximum absolute atomic E-state index is 13.6. The molecule has 1 rings (SSSR count). The SMILES string of the molecule is CCNC(=NCc1cc(F)ccc1F)NCCCCN(C)C(C)C.I. The summed E-state index contributed by atoms with van der Waals surface area (Å²) in [6, 6.07) is 3.98. The molecule has 0 aromatic heterocycles. The largest absolute Gasteiger partial charge is 0.357 e. The van der Waals surface area contributed by atoms with Crippen molar-refractivity contribution in [2.75, 3.05) is 26.7 Å². The molecule has 0 aliphatic carbocycles. The Hall–Kier alpha value is -0.960. The number of halogens is 3. The Bertz CT molecular complexity index is 524. The number of rotatable bonds is 9. The summed E-state index contributed by atoms with van der Waals surface area (Å²) in [7, 11) is 2.12. The molecule has 4 nitrogen and oxygen atoms in total. The van der Waals surface area contributed by atoms with Gasteiger partial charge in [0, 0.05) is 24.7 Å². The predicted molar refractivity (Wildman–Crippen MR) is 112 cm³/mol. The van der Waals surface area contributed by atoms with Crippen LogP contribution in [-0.2, 0) is 6.54 Å². The van der Waals surface area contributed by atoms with Crippen molar-refractivity contribution in [1.29, 1.82) is 0 Å². The smallest absolute Gasteiger partial charge is 0.191 e. The topological polar surface area (TPSA) is 39.7 Å². The van der Waals surface area contributed by atoms with Gasteiger partial charge in [-0.25, -0.2) is 13.8 Å². The maximum Gasteiger partial charge on any atom is 0.191 e. The van der Waals surface area contributed by atoms with Crippen molar-refractivity contribution in [2.24, 2.45) is 4.99 Å². The molecule has 0 unspecified atom stereocenters. The predicted octanol–water partition coefficient (Wildman–Crippen LogP) is 3.76. The summed E-state index contributed by atoms with van der Waals surface area (Å²) in [5, 5.41) is 6.35. The van der Waals surface area contributed by atoms with Crippen LogP contribution < -0.4 is 10.6 Å². The van der Waals surface area contributed by atoms with E-state index in [9.17, 15) is 8.78 Å². The van der Waals surface area contributed by atoms with Gasteiger partial charge < -0.3 is 15.5 Å². The number of unbranched alkanes of at least 4 members (excludes halogenated alkanes) is 1. The van der Waals surface area contributed by atoms with E-state index in [4.69, 9.17) is 0 Å². The second-order valence-electron chi connectivity index (χ2n) is 6.14. The second kappa shape index (κ2) is 13.3. The Morgan fingerprint density at radius 1 is 1.20 bits per heavy atom. The van der Waals surface area contributed by atoms with E-state index < -0.39 is 11.6 Å². The van der Waals surface area contributed by atoms with Gasteiger partial charge in [0.2, 0.25) is 0 Å². The van der Waals surface area contributed by atoms with Crippen molar-refractivity contribution in [3.8, 4) is 0 Å².